The first-order valence-corrected chi connectivity index (χ1v) is 19.6. The van der Waals surface area contributed by atoms with Crippen molar-refractivity contribution in [3.63, 3.8) is 0 Å². The van der Waals surface area contributed by atoms with Gasteiger partial charge in [-0.3, -0.25) is 9.59 Å². The SMILES string of the molecule is CCCCCC/C=C\COCCN(CC(=O)OC(CCCCCCC)CCCCCCCC)C(=O)SCCCN(CC)CC. The highest BCUT2D eigenvalue weighted by Gasteiger charge is 2.21. The van der Waals surface area contributed by atoms with Crippen molar-refractivity contribution in [2.45, 2.75) is 163 Å². The van der Waals surface area contributed by atoms with Crippen LogP contribution in [0, 0.1) is 0 Å². The van der Waals surface area contributed by atoms with Gasteiger partial charge in [-0.05, 0) is 64.6 Å². The Morgan fingerprint density at radius 2 is 1.25 bits per heavy atom. The maximum atomic E-state index is 13.2. The number of carbonyl (C=O) groups excluding carboxylic acids is 2. The van der Waals surface area contributed by atoms with Gasteiger partial charge in [-0.2, -0.15) is 0 Å². The quantitative estimate of drug-likeness (QED) is 0.0414. The predicted octanol–water partition coefficient (Wildman–Crippen LogP) is 10.4. The molecule has 0 aromatic carbocycles. The fourth-order valence-electron chi connectivity index (χ4n) is 5.28. The number of hydrogen-bond donors (Lipinski definition) is 0. The number of unbranched alkanes of at least 4 members (excludes halogenated alkanes) is 13. The topological polar surface area (TPSA) is 59.1 Å². The Balaban J connectivity index is 4.96. The average molecular weight is 641 g/mol. The number of esters is 1. The van der Waals surface area contributed by atoms with E-state index in [9.17, 15) is 9.59 Å². The van der Waals surface area contributed by atoms with Crippen LogP contribution in [0.25, 0.3) is 0 Å². The van der Waals surface area contributed by atoms with Crippen LogP contribution in [-0.2, 0) is 14.3 Å². The van der Waals surface area contributed by atoms with E-state index in [1.54, 1.807) is 4.90 Å². The van der Waals surface area contributed by atoms with Gasteiger partial charge in [0.1, 0.15) is 12.6 Å². The van der Waals surface area contributed by atoms with Crippen molar-refractivity contribution in [1.29, 1.82) is 0 Å². The normalized spacial score (nSPS) is 12.3. The van der Waals surface area contributed by atoms with Gasteiger partial charge in [0.05, 0.1) is 13.2 Å². The summed E-state index contributed by atoms with van der Waals surface area (Å²) in [6, 6.07) is 0. The molecule has 1 amide bonds. The van der Waals surface area contributed by atoms with Crippen LogP contribution in [0.1, 0.15) is 157 Å². The third kappa shape index (κ3) is 27.3. The Hall–Kier alpha value is -1.05. The van der Waals surface area contributed by atoms with Gasteiger partial charge in [-0.1, -0.05) is 136 Å². The second kappa shape index (κ2) is 33.3. The average Bonchev–Trinajstić information content (AvgIpc) is 3.02. The van der Waals surface area contributed by atoms with E-state index in [1.165, 1.54) is 95.2 Å². The molecule has 0 aliphatic carbocycles. The lowest BCUT2D eigenvalue weighted by atomic mass is 10.0. The largest absolute Gasteiger partial charge is 0.461 e. The van der Waals surface area contributed by atoms with Crippen LogP contribution in [0.2, 0.25) is 0 Å². The summed E-state index contributed by atoms with van der Waals surface area (Å²) in [4.78, 5) is 30.4. The molecule has 0 fully saturated rings. The molecule has 0 aliphatic rings. The van der Waals surface area contributed by atoms with Gasteiger partial charge in [0.15, 0.2) is 0 Å². The van der Waals surface area contributed by atoms with E-state index in [-0.39, 0.29) is 23.9 Å². The lowest BCUT2D eigenvalue weighted by molar-refractivity contribution is -0.150. The van der Waals surface area contributed by atoms with Crippen molar-refractivity contribution < 1.29 is 19.1 Å². The molecule has 0 aromatic heterocycles. The number of carbonyl (C=O) groups is 2. The van der Waals surface area contributed by atoms with Gasteiger partial charge in [-0.15, -0.1) is 0 Å². The fraction of sp³-hybridized carbons (Fsp3) is 0.892. The van der Waals surface area contributed by atoms with Gasteiger partial charge in [0.2, 0.25) is 0 Å². The van der Waals surface area contributed by atoms with E-state index in [0.29, 0.717) is 19.8 Å². The van der Waals surface area contributed by atoms with Gasteiger partial charge in [0.25, 0.3) is 5.24 Å². The molecule has 0 saturated heterocycles. The minimum Gasteiger partial charge on any atom is -0.461 e. The molecule has 44 heavy (non-hydrogen) atoms. The van der Waals surface area contributed by atoms with Crippen molar-refractivity contribution in [3.8, 4) is 0 Å². The zero-order valence-electron chi connectivity index (χ0n) is 29.8. The highest BCUT2D eigenvalue weighted by atomic mass is 32.2. The maximum absolute atomic E-state index is 13.2. The summed E-state index contributed by atoms with van der Waals surface area (Å²) < 4.78 is 11.9. The Morgan fingerprint density at radius 3 is 1.84 bits per heavy atom. The van der Waals surface area contributed by atoms with E-state index in [0.717, 1.165) is 63.9 Å². The number of allylic oxidation sites excluding steroid dienone is 1. The maximum Gasteiger partial charge on any atom is 0.325 e. The van der Waals surface area contributed by atoms with Gasteiger partial charge in [-0.25, -0.2) is 0 Å². The number of thioether (sulfide) groups is 1. The molecule has 260 valence electrons. The minimum atomic E-state index is -0.279. The minimum absolute atomic E-state index is 0.00133. The predicted molar refractivity (Wildman–Crippen MR) is 192 cm³/mol. The molecule has 1 atom stereocenters. The highest BCUT2D eigenvalue weighted by molar-refractivity contribution is 8.13. The standard InChI is InChI=1S/C37H72N2O4S/c1-6-11-14-17-19-22-25-31-42-32-30-39(37(41)44-33-26-29-38(9-4)10-5)34-36(40)43-35(27-23-20-16-13-8-3)28-24-21-18-15-12-7-2/h22,25,35H,6-21,23-24,26-34H2,1-5H3/b25-22-. The summed E-state index contributed by atoms with van der Waals surface area (Å²) in [7, 11) is 0. The molecule has 0 spiro atoms. The van der Waals surface area contributed by atoms with Crippen LogP contribution in [-0.4, -0.2) is 78.8 Å². The zero-order valence-corrected chi connectivity index (χ0v) is 30.6. The Morgan fingerprint density at radius 1 is 0.682 bits per heavy atom. The third-order valence-electron chi connectivity index (χ3n) is 8.23. The van der Waals surface area contributed by atoms with E-state index in [4.69, 9.17) is 9.47 Å². The molecule has 0 aliphatic heterocycles. The number of rotatable bonds is 32. The van der Waals surface area contributed by atoms with Gasteiger partial charge < -0.3 is 19.3 Å². The highest BCUT2D eigenvalue weighted by Crippen LogP contribution is 2.18. The summed E-state index contributed by atoms with van der Waals surface area (Å²) in [6.45, 7) is 15.4. The molecule has 0 bridgehead atoms. The van der Waals surface area contributed by atoms with E-state index >= 15 is 0 Å². The monoisotopic (exact) mass is 641 g/mol. The lowest BCUT2D eigenvalue weighted by Gasteiger charge is -2.24. The van der Waals surface area contributed by atoms with Crippen LogP contribution in [0.4, 0.5) is 4.79 Å². The first-order valence-electron chi connectivity index (χ1n) is 18.6. The number of hydrogen-bond acceptors (Lipinski definition) is 6. The molecular weight excluding hydrogens is 568 g/mol. The molecule has 0 rings (SSSR count). The van der Waals surface area contributed by atoms with E-state index in [1.807, 2.05) is 0 Å². The van der Waals surface area contributed by atoms with Crippen molar-refractivity contribution in [2.75, 3.05) is 51.7 Å². The van der Waals surface area contributed by atoms with Crippen LogP contribution in [0.3, 0.4) is 0 Å². The van der Waals surface area contributed by atoms with Crippen molar-refractivity contribution in [2.24, 2.45) is 0 Å². The molecule has 0 radical (unpaired) electrons. The second-order valence-electron chi connectivity index (χ2n) is 12.2. The number of ether oxygens (including phenoxy) is 2. The zero-order chi connectivity index (χ0) is 32.5. The van der Waals surface area contributed by atoms with E-state index < -0.39 is 0 Å². The second-order valence-corrected chi connectivity index (χ2v) is 13.2. The fourth-order valence-corrected chi connectivity index (χ4v) is 6.07. The van der Waals surface area contributed by atoms with Crippen molar-refractivity contribution in [1.82, 2.24) is 9.80 Å². The third-order valence-corrected chi connectivity index (χ3v) is 9.23. The Labute approximate surface area is 277 Å². The Bertz CT molecular complexity index is 672. The summed E-state index contributed by atoms with van der Waals surface area (Å²) >= 11 is 1.32. The number of amides is 1. The summed E-state index contributed by atoms with van der Waals surface area (Å²) in [6.07, 6.45) is 26.6. The Kier molecular flexibility index (Phi) is 32.5. The van der Waals surface area contributed by atoms with Crippen LogP contribution >= 0.6 is 11.8 Å². The van der Waals surface area contributed by atoms with Crippen LogP contribution in [0.5, 0.6) is 0 Å². The molecule has 6 nitrogen and oxygen atoms in total. The molecule has 0 aromatic rings. The van der Waals surface area contributed by atoms with Crippen LogP contribution in [0.15, 0.2) is 12.2 Å². The first-order chi connectivity index (χ1) is 21.5. The first kappa shape index (κ1) is 43.0. The van der Waals surface area contributed by atoms with Gasteiger partial charge >= 0.3 is 5.97 Å². The molecule has 0 saturated carbocycles. The molecular formula is C37H72N2O4S. The molecule has 1 unspecified atom stereocenters. The summed E-state index contributed by atoms with van der Waals surface area (Å²) in [5.74, 6) is 0.472. The summed E-state index contributed by atoms with van der Waals surface area (Å²) in [5.41, 5.74) is 0. The van der Waals surface area contributed by atoms with E-state index in [2.05, 4.69) is 51.7 Å². The van der Waals surface area contributed by atoms with Crippen molar-refractivity contribution >= 4 is 23.0 Å². The van der Waals surface area contributed by atoms with Crippen molar-refractivity contribution in [3.05, 3.63) is 12.2 Å². The lowest BCUT2D eigenvalue weighted by Crippen LogP contribution is -2.38. The summed E-state index contributed by atoms with van der Waals surface area (Å²) in [5, 5.41) is -0.0522. The number of nitrogens with zero attached hydrogens (tertiary/aromatic N) is 2. The van der Waals surface area contributed by atoms with Gasteiger partial charge in [0, 0.05) is 12.3 Å². The van der Waals surface area contributed by atoms with Crippen LogP contribution < -0.4 is 0 Å². The molecule has 0 heterocycles. The smallest absolute Gasteiger partial charge is 0.325 e. The molecule has 7 heteroatoms. The molecule has 0 N–H and O–H groups in total.